The molecule has 0 aliphatic carbocycles. The van der Waals surface area contributed by atoms with Gasteiger partial charge in [-0.2, -0.15) is 4.98 Å². The van der Waals surface area contributed by atoms with E-state index in [2.05, 4.69) is 26.9 Å². The molecule has 3 aromatic rings. The van der Waals surface area contributed by atoms with Gasteiger partial charge in [0.1, 0.15) is 5.75 Å². The average molecular weight is 437 g/mol. The minimum Gasteiger partial charge on any atom is -0.493 e. The second-order valence-corrected chi connectivity index (χ2v) is 7.74. The van der Waals surface area contributed by atoms with Gasteiger partial charge in [0.25, 0.3) is 0 Å². The second-order valence-electron chi connectivity index (χ2n) is 7.74. The monoisotopic (exact) mass is 436 g/mol. The third kappa shape index (κ3) is 4.75. The summed E-state index contributed by atoms with van der Waals surface area (Å²) in [5, 5.41) is 4.17. The van der Waals surface area contributed by atoms with Gasteiger partial charge in [-0.1, -0.05) is 17.3 Å². The number of rotatable bonds is 7. The first-order valence-corrected chi connectivity index (χ1v) is 10.8. The summed E-state index contributed by atoms with van der Waals surface area (Å²) in [5.74, 6) is 1.56. The quantitative estimate of drug-likeness (QED) is 0.520. The molecule has 0 amide bonds. The molecule has 0 bridgehead atoms. The molecule has 1 aromatic heterocycles. The predicted molar refractivity (Wildman–Crippen MR) is 121 cm³/mol. The Morgan fingerprint density at radius 3 is 2.66 bits per heavy atom. The molecule has 0 spiro atoms. The molecule has 0 saturated carbocycles. The molecule has 8 heteroatoms. The predicted octanol–water partition coefficient (Wildman–Crippen LogP) is 3.63. The van der Waals surface area contributed by atoms with Gasteiger partial charge in [-0.3, -0.25) is 4.90 Å². The molecule has 0 N–H and O–H groups in total. The Morgan fingerprint density at radius 2 is 1.94 bits per heavy atom. The van der Waals surface area contributed by atoms with Crippen molar-refractivity contribution in [1.29, 1.82) is 0 Å². The van der Waals surface area contributed by atoms with E-state index in [4.69, 9.17) is 14.0 Å². The number of methoxy groups -OCH3 is 1. The lowest BCUT2D eigenvalue weighted by Gasteiger charge is -2.40. The van der Waals surface area contributed by atoms with Crippen molar-refractivity contribution in [2.45, 2.75) is 26.4 Å². The average Bonchev–Trinajstić information content (AvgIpc) is 3.29. The Balaban J connectivity index is 1.39. The fourth-order valence-corrected chi connectivity index (χ4v) is 3.93. The van der Waals surface area contributed by atoms with Gasteiger partial charge in [0.2, 0.25) is 11.7 Å². The van der Waals surface area contributed by atoms with Crippen molar-refractivity contribution in [3.05, 3.63) is 60.0 Å². The number of para-hydroxylation sites is 1. The van der Waals surface area contributed by atoms with Crippen molar-refractivity contribution in [3.8, 4) is 17.1 Å². The van der Waals surface area contributed by atoms with E-state index in [-0.39, 0.29) is 5.97 Å². The van der Waals surface area contributed by atoms with Gasteiger partial charge in [-0.05, 0) is 50.2 Å². The number of ether oxygens (including phenoxy) is 2. The molecule has 1 aliphatic heterocycles. The number of carbonyl (C=O) groups is 1. The highest BCUT2D eigenvalue weighted by atomic mass is 16.5. The minimum atomic E-state index is -0.322. The van der Waals surface area contributed by atoms with Crippen LogP contribution in [0.2, 0.25) is 0 Å². The largest absolute Gasteiger partial charge is 0.493 e. The third-order valence-corrected chi connectivity index (χ3v) is 5.65. The van der Waals surface area contributed by atoms with Crippen LogP contribution >= 0.6 is 0 Å². The molecule has 1 aliphatic rings. The van der Waals surface area contributed by atoms with Crippen LogP contribution in [0.25, 0.3) is 11.4 Å². The van der Waals surface area contributed by atoms with Crippen LogP contribution in [-0.4, -0.2) is 60.4 Å². The molecule has 0 radical (unpaired) electrons. The van der Waals surface area contributed by atoms with Crippen molar-refractivity contribution in [1.82, 2.24) is 15.0 Å². The number of esters is 1. The zero-order chi connectivity index (χ0) is 22.5. The summed E-state index contributed by atoms with van der Waals surface area (Å²) in [5.41, 5.74) is 2.48. The molecule has 1 atom stereocenters. The molecular formula is C24H28N4O4. The van der Waals surface area contributed by atoms with Crippen molar-refractivity contribution in [2.75, 3.05) is 38.3 Å². The van der Waals surface area contributed by atoms with Gasteiger partial charge in [0.15, 0.2) is 0 Å². The van der Waals surface area contributed by atoms with E-state index >= 15 is 0 Å². The van der Waals surface area contributed by atoms with Gasteiger partial charge in [-0.25, -0.2) is 4.79 Å². The summed E-state index contributed by atoms with van der Waals surface area (Å²) in [6.45, 7) is 7.92. The Kier molecular flexibility index (Phi) is 6.70. The number of anilines is 1. The summed E-state index contributed by atoms with van der Waals surface area (Å²) < 4.78 is 16.0. The van der Waals surface area contributed by atoms with Crippen LogP contribution in [0.1, 0.15) is 30.1 Å². The van der Waals surface area contributed by atoms with Crippen molar-refractivity contribution in [2.24, 2.45) is 0 Å². The second kappa shape index (κ2) is 9.82. The Morgan fingerprint density at radius 1 is 1.16 bits per heavy atom. The molecule has 1 unspecified atom stereocenters. The fourth-order valence-electron chi connectivity index (χ4n) is 3.93. The molecule has 1 fully saturated rings. The molecule has 2 heterocycles. The summed E-state index contributed by atoms with van der Waals surface area (Å²) in [6.07, 6.45) is 0. The Bertz CT molecular complexity index is 1050. The number of piperazine rings is 1. The fraction of sp³-hybridized carbons (Fsp3) is 0.375. The number of benzene rings is 2. The summed E-state index contributed by atoms with van der Waals surface area (Å²) in [4.78, 5) is 20.9. The highest BCUT2D eigenvalue weighted by Crippen LogP contribution is 2.28. The number of hydrogen-bond acceptors (Lipinski definition) is 8. The maximum Gasteiger partial charge on any atom is 0.337 e. The van der Waals surface area contributed by atoms with E-state index in [1.54, 1.807) is 12.1 Å². The van der Waals surface area contributed by atoms with Crippen molar-refractivity contribution >= 4 is 11.7 Å². The summed E-state index contributed by atoms with van der Waals surface area (Å²) in [6, 6.07) is 15.6. The zero-order valence-corrected chi connectivity index (χ0v) is 18.7. The van der Waals surface area contributed by atoms with Crippen molar-refractivity contribution in [3.63, 3.8) is 0 Å². The summed E-state index contributed by atoms with van der Waals surface area (Å²) >= 11 is 0. The van der Waals surface area contributed by atoms with Gasteiger partial charge in [0.05, 0.1) is 31.4 Å². The first-order valence-electron chi connectivity index (χ1n) is 10.8. The van der Waals surface area contributed by atoms with Crippen LogP contribution in [0.4, 0.5) is 5.69 Å². The van der Waals surface area contributed by atoms with Crippen LogP contribution in [0.15, 0.2) is 53.1 Å². The number of nitrogens with zero attached hydrogens (tertiary/aromatic N) is 4. The SMILES string of the molecule is CCOc1ccccc1-c1noc(CN2CCN(c3ccc(C(=O)OC)cc3)CC2C)n1. The van der Waals surface area contributed by atoms with Crippen LogP contribution in [0.5, 0.6) is 5.75 Å². The smallest absolute Gasteiger partial charge is 0.337 e. The van der Waals surface area contributed by atoms with E-state index in [1.807, 2.05) is 43.3 Å². The lowest BCUT2D eigenvalue weighted by molar-refractivity contribution is 0.0600. The highest BCUT2D eigenvalue weighted by molar-refractivity contribution is 5.89. The lowest BCUT2D eigenvalue weighted by atomic mass is 10.1. The van der Waals surface area contributed by atoms with Crippen LogP contribution in [-0.2, 0) is 11.3 Å². The van der Waals surface area contributed by atoms with E-state index in [9.17, 15) is 4.79 Å². The molecule has 4 rings (SSSR count). The Labute approximate surface area is 187 Å². The minimum absolute atomic E-state index is 0.301. The number of hydrogen-bond donors (Lipinski definition) is 0. The van der Waals surface area contributed by atoms with Crippen LogP contribution in [0.3, 0.4) is 0 Å². The maximum atomic E-state index is 11.6. The first-order chi connectivity index (χ1) is 15.6. The van der Waals surface area contributed by atoms with Crippen molar-refractivity contribution < 1.29 is 18.8 Å². The summed E-state index contributed by atoms with van der Waals surface area (Å²) in [7, 11) is 1.39. The maximum absolute atomic E-state index is 11.6. The number of aromatic nitrogens is 2. The van der Waals surface area contributed by atoms with Gasteiger partial charge in [-0.15, -0.1) is 0 Å². The standard InChI is InChI=1S/C24H28N4O4/c1-4-31-21-8-6-5-7-20(21)23-25-22(32-26-23)16-27-13-14-28(15-17(27)2)19-11-9-18(10-12-19)24(29)30-3/h5-12,17H,4,13-16H2,1-3H3. The topological polar surface area (TPSA) is 80.9 Å². The molecule has 8 nitrogen and oxygen atoms in total. The molecular weight excluding hydrogens is 408 g/mol. The van der Waals surface area contributed by atoms with E-state index < -0.39 is 0 Å². The first kappa shape index (κ1) is 21.8. The van der Waals surface area contributed by atoms with Gasteiger partial charge in [0, 0.05) is 31.4 Å². The molecule has 168 valence electrons. The van der Waals surface area contributed by atoms with E-state index in [1.165, 1.54) is 7.11 Å². The van der Waals surface area contributed by atoms with E-state index in [0.717, 1.165) is 36.6 Å². The highest BCUT2D eigenvalue weighted by Gasteiger charge is 2.26. The molecule has 32 heavy (non-hydrogen) atoms. The zero-order valence-electron chi connectivity index (χ0n) is 18.7. The molecule has 2 aromatic carbocycles. The third-order valence-electron chi connectivity index (χ3n) is 5.65. The van der Waals surface area contributed by atoms with Crippen LogP contribution in [0, 0.1) is 0 Å². The number of carbonyl (C=O) groups excluding carboxylic acids is 1. The normalized spacial score (nSPS) is 16.7. The van der Waals surface area contributed by atoms with E-state index in [0.29, 0.717) is 36.5 Å². The van der Waals surface area contributed by atoms with Gasteiger partial charge < -0.3 is 18.9 Å². The lowest BCUT2D eigenvalue weighted by Crippen LogP contribution is -2.51. The van der Waals surface area contributed by atoms with Gasteiger partial charge >= 0.3 is 5.97 Å². The van der Waals surface area contributed by atoms with Crippen LogP contribution < -0.4 is 9.64 Å². The molecule has 1 saturated heterocycles. The Hall–Kier alpha value is -3.39.